The Labute approximate surface area is 154 Å². The van der Waals surface area contributed by atoms with Gasteiger partial charge in [0.2, 0.25) is 5.91 Å². The third-order valence-corrected chi connectivity index (χ3v) is 4.95. The first-order valence-corrected chi connectivity index (χ1v) is 8.84. The minimum atomic E-state index is -0.164. The van der Waals surface area contributed by atoms with Crippen LogP contribution in [-0.4, -0.2) is 42.5 Å². The predicted octanol–water partition coefficient (Wildman–Crippen LogP) is 2.27. The summed E-state index contributed by atoms with van der Waals surface area (Å²) in [4.78, 5) is 15.0. The molecule has 24 heavy (non-hydrogen) atoms. The maximum absolute atomic E-state index is 12.9. The number of nitrogens with one attached hydrogen (secondary N) is 3. The molecule has 2 saturated heterocycles. The molecule has 2 fully saturated rings. The summed E-state index contributed by atoms with van der Waals surface area (Å²) in [6.45, 7) is 4.86. The van der Waals surface area contributed by atoms with Gasteiger partial charge in [-0.1, -0.05) is 30.7 Å². The number of carbonyl (C=O) groups is 1. The molecule has 7 heteroatoms. The quantitative estimate of drug-likeness (QED) is 0.741. The summed E-state index contributed by atoms with van der Waals surface area (Å²) in [6.07, 6.45) is 2.80. The monoisotopic (exact) mass is 372 g/mol. The van der Waals surface area contributed by atoms with E-state index in [1.54, 1.807) is 0 Å². The molecule has 3 atom stereocenters. The summed E-state index contributed by atoms with van der Waals surface area (Å²) in [5.41, 5.74) is 7.60. The second-order valence-corrected chi connectivity index (χ2v) is 6.80. The Bertz CT molecular complexity index is 534. The van der Waals surface area contributed by atoms with Gasteiger partial charge in [0.15, 0.2) is 0 Å². The number of nitrogens with zero attached hydrogens (tertiary/aromatic N) is 1. The highest BCUT2D eigenvalue weighted by molar-refractivity contribution is 6.30. The first-order chi connectivity index (χ1) is 11.2. The van der Waals surface area contributed by atoms with Crippen LogP contribution >= 0.6 is 24.0 Å². The molecule has 1 aromatic carbocycles. The number of rotatable bonds is 5. The van der Waals surface area contributed by atoms with Gasteiger partial charge in [0.25, 0.3) is 0 Å². The molecule has 3 rings (SSSR count). The molecule has 5 nitrogen and oxygen atoms in total. The summed E-state index contributed by atoms with van der Waals surface area (Å²) in [5, 5.41) is 4.09. The van der Waals surface area contributed by atoms with Crippen molar-refractivity contribution >= 4 is 29.9 Å². The van der Waals surface area contributed by atoms with E-state index in [0.29, 0.717) is 6.04 Å². The van der Waals surface area contributed by atoms with E-state index in [1.807, 2.05) is 24.3 Å². The summed E-state index contributed by atoms with van der Waals surface area (Å²) in [7, 11) is 0. The van der Waals surface area contributed by atoms with E-state index in [2.05, 4.69) is 28.0 Å². The van der Waals surface area contributed by atoms with Crippen LogP contribution in [0.5, 0.6) is 0 Å². The smallest absolute Gasteiger partial charge is 0.241 e. The minimum absolute atomic E-state index is 0. The molecule has 1 amide bonds. The lowest BCUT2D eigenvalue weighted by atomic mass is 10.0. The lowest BCUT2D eigenvalue weighted by Crippen LogP contribution is -2.50. The van der Waals surface area contributed by atoms with Crippen LogP contribution in [-0.2, 0) is 4.79 Å². The van der Waals surface area contributed by atoms with Crippen LogP contribution in [0.1, 0.15) is 37.8 Å². The van der Waals surface area contributed by atoms with Gasteiger partial charge in [0, 0.05) is 30.2 Å². The largest absolute Gasteiger partial charge is 0.337 e. The number of halogens is 2. The maximum Gasteiger partial charge on any atom is 0.241 e. The van der Waals surface area contributed by atoms with E-state index in [1.165, 1.54) is 0 Å². The van der Waals surface area contributed by atoms with Crippen LogP contribution in [0.25, 0.3) is 0 Å². The van der Waals surface area contributed by atoms with Crippen molar-refractivity contribution in [1.29, 1.82) is 0 Å². The van der Waals surface area contributed by atoms with Crippen LogP contribution in [0.4, 0.5) is 0 Å². The fourth-order valence-corrected chi connectivity index (χ4v) is 3.58. The fraction of sp³-hybridized carbons (Fsp3) is 0.588. The lowest BCUT2D eigenvalue weighted by Gasteiger charge is -2.30. The molecule has 3 N–H and O–H groups in total. The Hall–Kier alpha value is -0.850. The molecule has 0 aliphatic carbocycles. The Morgan fingerprint density at radius 2 is 2.04 bits per heavy atom. The van der Waals surface area contributed by atoms with Gasteiger partial charge < -0.3 is 10.2 Å². The second-order valence-electron chi connectivity index (χ2n) is 6.36. The zero-order chi connectivity index (χ0) is 16.2. The average molecular weight is 373 g/mol. The molecule has 3 unspecified atom stereocenters. The summed E-state index contributed by atoms with van der Waals surface area (Å²) in [6, 6.07) is 8.12. The minimum Gasteiger partial charge on any atom is -0.337 e. The van der Waals surface area contributed by atoms with Crippen molar-refractivity contribution < 1.29 is 4.79 Å². The molecule has 2 heterocycles. The molecular formula is C17H26Cl2N4O. The predicted molar refractivity (Wildman–Crippen MR) is 99.4 cm³/mol. The lowest BCUT2D eigenvalue weighted by molar-refractivity contribution is -0.135. The van der Waals surface area contributed by atoms with Gasteiger partial charge in [0.05, 0.1) is 0 Å². The van der Waals surface area contributed by atoms with Crippen LogP contribution in [0, 0.1) is 0 Å². The van der Waals surface area contributed by atoms with E-state index in [4.69, 9.17) is 11.6 Å². The number of hydrogen-bond donors (Lipinski definition) is 3. The number of hydrogen-bond acceptors (Lipinski definition) is 4. The molecular weight excluding hydrogens is 347 g/mol. The van der Waals surface area contributed by atoms with E-state index < -0.39 is 0 Å². The molecule has 0 saturated carbocycles. The summed E-state index contributed by atoms with van der Waals surface area (Å²) >= 11 is 5.94. The maximum atomic E-state index is 12.9. The Balaban J connectivity index is 0.00000208. The van der Waals surface area contributed by atoms with Gasteiger partial charge >= 0.3 is 0 Å². The third-order valence-electron chi connectivity index (χ3n) is 4.70. The molecule has 0 bridgehead atoms. The number of hydrazine groups is 1. The van der Waals surface area contributed by atoms with Gasteiger partial charge in [-0.15, -0.1) is 12.4 Å². The zero-order valence-electron chi connectivity index (χ0n) is 13.9. The topological polar surface area (TPSA) is 56.4 Å². The molecule has 0 aromatic heterocycles. The van der Waals surface area contributed by atoms with E-state index >= 15 is 0 Å². The van der Waals surface area contributed by atoms with E-state index in [9.17, 15) is 4.79 Å². The van der Waals surface area contributed by atoms with Crippen LogP contribution in [0.3, 0.4) is 0 Å². The zero-order valence-corrected chi connectivity index (χ0v) is 15.5. The highest BCUT2D eigenvalue weighted by Gasteiger charge is 2.35. The average Bonchev–Trinajstić information content (AvgIpc) is 3.24. The summed E-state index contributed by atoms with van der Waals surface area (Å²) < 4.78 is 0. The van der Waals surface area contributed by atoms with Crippen molar-refractivity contribution in [1.82, 2.24) is 21.1 Å². The van der Waals surface area contributed by atoms with Crippen LogP contribution in [0.15, 0.2) is 24.3 Å². The van der Waals surface area contributed by atoms with Crippen molar-refractivity contribution in [3.05, 3.63) is 34.9 Å². The van der Waals surface area contributed by atoms with Crippen LogP contribution < -0.4 is 16.2 Å². The van der Waals surface area contributed by atoms with E-state index in [-0.39, 0.29) is 30.4 Å². The van der Waals surface area contributed by atoms with Gasteiger partial charge in [0.1, 0.15) is 6.04 Å². The highest BCUT2D eigenvalue weighted by atomic mass is 35.5. The number of benzene rings is 1. The van der Waals surface area contributed by atoms with Crippen LogP contribution in [0.2, 0.25) is 5.02 Å². The third kappa shape index (κ3) is 4.41. The molecule has 0 radical (unpaired) electrons. The fourth-order valence-electron chi connectivity index (χ4n) is 3.45. The number of carbonyl (C=O) groups excluding carboxylic acids is 1. The van der Waals surface area contributed by atoms with Crippen molar-refractivity contribution in [2.75, 3.05) is 19.6 Å². The Morgan fingerprint density at radius 1 is 1.29 bits per heavy atom. The first-order valence-electron chi connectivity index (χ1n) is 8.46. The first kappa shape index (κ1) is 19.5. The van der Waals surface area contributed by atoms with Gasteiger partial charge in [-0.05, 0) is 43.5 Å². The van der Waals surface area contributed by atoms with Gasteiger partial charge in [-0.3, -0.25) is 4.79 Å². The Kier molecular flexibility index (Phi) is 7.32. The summed E-state index contributed by atoms with van der Waals surface area (Å²) in [5.74, 6) is 0.213. The molecule has 2 aliphatic heterocycles. The second kappa shape index (κ2) is 9.02. The van der Waals surface area contributed by atoms with Crippen molar-refractivity contribution in [3.8, 4) is 0 Å². The molecule has 1 aromatic rings. The normalized spacial score (nSPS) is 26.2. The highest BCUT2D eigenvalue weighted by Crippen LogP contribution is 2.25. The number of amides is 1. The van der Waals surface area contributed by atoms with Crippen molar-refractivity contribution in [2.24, 2.45) is 0 Å². The Morgan fingerprint density at radius 3 is 2.67 bits per heavy atom. The van der Waals surface area contributed by atoms with Crippen molar-refractivity contribution in [2.45, 2.75) is 44.3 Å². The van der Waals surface area contributed by atoms with E-state index in [0.717, 1.165) is 49.5 Å². The SMILES string of the molecule is CCCN(C(=O)C1CC(c2ccc(Cl)cc2)NN1)C1CCNC1.Cl. The molecule has 134 valence electrons. The molecule has 0 spiro atoms. The van der Waals surface area contributed by atoms with Crippen molar-refractivity contribution in [3.63, 3.8) is 0 Å². The van der Waals surface area contributed by atoms with Gasteiger partial charge in [-0.25, -0.2) is 10.9 Å². The molecule has 2 aliphatic rings. The van der Waals surface area contributed by atoms with Gasteiger partial charge in [-0.2, -0.15) is 0 Å². The standard InChI is InChI=1S/C17H25ClN4O.ClH/c1-2-9-22(14-7-8-19-11-14)17(23)16-10-15(20-21-16)12-3-5-13(18)6-4-12;/h3-6,14-16,19-21H,2,7-11H2,1H3;1H.